The minimum absolute atomic E-state index is 0.328. The number of aliphatic carboxylic acids is 1. The number of amides is 2. The number of hydrogen-bond donors (Lipinski definition) is 2. The van der Waals surface area contributed by atoms with E-state index in [0.29, 0.717) is 16.9 Å². The molecule has 1 aliphatic carbocycles. The van der Waals surface area contributed by atoms with Crippen molar-refractivity contribution in [2.75, 3.05) is 13.1 Å². The standard InChI is InChI=1S/C21H24N2O7/c1-11-16(29-12(2)20(27)23-9-17(24)22-10-18(25)26)8-7-14-13-5-3-4-6-15(13)21(28)30-19(11)14/h7-8,12H,3-6,9-10H2,1-2H3,(H,22,24)(H,23,27)(H,25,26)/p-1/t12-/m0/s1. The fourth-order valence-corrected chi connectivity index (χ4v) is 3.54. The van der Waals surface area contributed by atoms with Gasteiger partial charge in [0, 0.05) is 16.5 Å². The molecule has 0 bridgehead atoms. The third kappa shape index (κ3) is 4.61. The molecule has 9 nitrogen and oxygen atoms in total. The molecule has 1 heterocycles. The van der Waals surface area contributed by atoms with Gasteiger partial charge < -0.3 is 29.7 Å². The summed E-state index contributed by atoms with van der Waals surface area (Å²) in [7, 11) is 0. The number of carboxylic acid groups (broad SMARTS) is 1. The topological polar surface area (TPSA) is 138 Å². The summed E-state index contributed by atoms with van der Waals surface area (Å²) < 4.78 is 11.3. The van der Waals surface area contributed by atoms with E-state index in [-0.39, 0.29) is 5.63 Å². The van der Waals surface area contributed by atoms with Crippen LogP contribution >= 0.6 is 0 Å². The molecular weight excluding hydrogens is 392 g/mol. The molecule has 160 valence electrons. The Morgan fingerprint density at radius 2 is 1.83 bits per heavy atom. The van der Waals surface area contributed by atoms with E-state index in [1.165, 1.54) is 6.92 Å². The molecular formula is C21H23N2O7-. The van der Waals surface area contributed by atoms with Gasteiger partial charge in [-0.3, -0.25) is 9.59 Å². The van der Waals surface area contributed by atoms with Gasteiger partial charge >= 0.3 is 5.63 Å². The second-order valence-electron chi connectivity index (χ2n) is 7.25. The lowest BCUT2D eigenvalue weighted by atomic mass is 9.90. The predicted octanol–water partition coefficient (Wildman–Crippen LogP) is -0.270. The van der Waals surface area contributed by atoms with Crippen LogP contribution in [0.1, 0.15) is 36.5 Å². The van der Waals surface area contributed by atoms with E-state index in [1.807, 2.05) is 6.07 Å². The molecule has 30 heavy (non-hydrogen) atoms. The van der Waals surface area contributed by atoms with Crippen molar-refractivity contribution in [1.82, 2.24) is 10.6 Å². The molecule has 9 heteroatoms. The van der Waals surface area contributed by atoms with E-state index in [9.17, 15) is 24.3 Å². The number of ether oxygens (including phenoxy) is 1. The van der Waals surface area contributed by atoms with Gasteiger partial charge in [-0.05, 0) is 57.2 Å². The van der Waals surface area contributed by atoms with Crippen molar-refractivity contribution in [3.8, 4) is 5.75 Å². The molecule has 2 N–H and O–H groups in total. The zero-order valence-electron chi connectivity index (χ0n) is 16.8. The molecule has 1 atom stereocenters. The van der Waals surface area contributed by atoms with Crippen LogP contribution in [0.25, 0.3) is 11.0 Å². The Labute approximate surface area is 172 Å². The maximum atomic E-state index is 12.4. The molecule has 0 aliphatic heterocycles. The molecule has 0 radical (unpaired) electrons. The van der Waals surface area contributed by atoms with Crippen LogP contribution in [-0.4, -0.2) is 37.0 Å². The van der Waals surface area contributed by atoms with Gasteiger partial charge in [-0.2, -0.15) is 0 Å². The van der Waals surface area contributed by atoms with E-state index >= 15 is 0 Å². The smallest absolute Gasteiger partial charge is 0.339 e. The third-order valence-electron chi connectivity index (χ3n) is 5.12. The summed E-state index contributed by atoms with van der Waals surface area (Å²) in [5.74, 6) is -2.24. The highest BCUT2D eigenvalue weighted by Gasteiger charge is 2.22. The highest BCUT2D eigenvalue weighted by atomic mass is 16.5. The number of benzene rings is 1. The first kappa shape index (κ1) is 21.4. The normalized spacial score (nSPS) is 13.9. The average molecular weight is 415 g/mol. The first-order valence-corrected chi connectivity index (χ1v) is 9.77. The molecule has 1 aromatic carbocycles. The fraction of sp³-hybridized carbons (Fsp3) is 0.429. The molecule has 0 saturated carbocycles. The number of aryl methyl sites for hydroxylation is 2. The van der Waals surface area contributed by atoms with Crippen molar-refractivity contribution in [3.05, 3.63) is 39.2 Å². The lowest BCUT2D eigenvalue weighted by molar-refractivity contribution is -0.304. The summed E-state index contributed by atoms with van der Waals surface area (Å²) in [4.78, 5) is 46.4. The van der Waals surface area contributed by atoms with Crippen molar-refractivity contribution >= 4 is 28.8 Å². The van der Waals surface area contributed by atoms with Gasteiger partial charge in [0.25, 0.3) is 5.91 Å². The molecule has 1 aromatic heterocycles. The largest absolute Gasteiger partial charge is 0.548 e. The van der Waals surface area contributed by atoms with Crippen molar-refractivity contribution < 1.29 is 28.6 Å². The Hall–Kier alpha value is -3.36. The Morgan fingerprint density at radius 3 is 2.53 bits per heavy atom. The SMILES string of the molecule is Cc1c(O[C@@H](C)C(=O)NCC(=O)NCC(=O)[O-])ccc2c3c(c(=O)oc12)CCCC3. The van der Waals surface area contributed by atoms with E-state index in [1.54, 1.807) is 13.0 Å². The molecule has 0 unspecified atom stereocenters. The summed E-state index contributed by atoms with van der Waals surface area (Å²) in [6.45, 7) is 2.25. The number of rotatable bonds is 7. The van der Waals surface area contributed by atoms with Crippen LogP contribution in [0, 0.1) is 6.92 Å². The Kier molecular flexibility index (Phi) is 6.39. The van der Waals surface area contributed by atoms with Crippen LogP contribution < -0.4 is 26.1 Å². The molecule has 1 aliphatic rings. The Balaban J connectivity index is 1.72. The summed E-state index contributed by atoms with van der Waals surface area (Å²) in [6, 6.07) is 3.58. The van der Waals surface area contributed by atoms with E-state index in [4.69, 9.17) is 9.15 Å². The highest BCUT2D eigenvalue weighted by molar-refractivity contribution is 5.89. The van der Waals surface area contributed by atoms with Crippen LogP contribution in [0.2, 0.25) is 0 Å². The zero-order valence-corrected chi connectivity index (χ0v) is 16.8. The van der Waals surface area contributed by atoms with Crippen molar-refractivity contribution in [2.45, 2.75) is 45.6 Å². The number of carbonyl (C=O) groups is 3. The van der Waals surface area contributed by atoms with Crippen LogP contribution in [0.3, 0.4) is 0 Å². The van der Waals surface area contributed by atoms with Crippen molar-refractivity contribution in [3.63, 3.8) is 0 Å². The number of carboxylic acids is 1. The number of hydrogen-bond acceptors (Lipinski definition) is 7. The van der Waals surface area contributed by atoms with Gasteiger partial charge in [-0.15, -0.1) is 0 Å². The maximum Gasteiger partial charge on any atom is 0.339 e. The van der Waals surface area contributed by atoms with Gasteiger partial charge in [0.1, 0.15) is 11.3 Å². The van der Waals surface area contributed by atoms with Crippen molar-refractivity contribution in [1.29, 1.82) is 0 Å². The molecule has 0 saturated heterocycles. The molecule has 3 rings (SSSR count). The van der Waals surface area contributed by atoms with Gasteiger partial charge in [0.05, 0.1) is 19.1 Å². The Morgan fingerprint density at radius 1 is 1.13 bits per heavy atom. The van der Waals surface area contributed by atoms with Crippen LogP contribution in [0.4, 0.5) is 0 Å². The molecule has 2 aromatic rings. The fourth-order valence-electron chi connectivity index (χ4n) is 3.54. The molecule has 2 amide bonds. The summed E-state index contributed by atoms with van der Waals surface area (Å²) >= 11 is 0. The van der Waals surface area contributed by atoms with Gasteiger partial charge in [0.15, 0.2) is 6.10 Å². The maximum absolute atomic E-state index is 12.4. The van der Waals surface area contributed by atoms with E-state index in [0.717, 1.165) is 42.2 Å². The summed E-state index contributed by atoms with van der Waals surface area (Å²) in [5, 5.41) is 15.7. The number of nitrogens with one attached hydrogen (secondary N) is 2. The lowest BCUT2D eigenvalue weighted by Crippen LogP contribution is -2.45. The van der Waals surface area contributed by atoms with Crippen LogP contribution in [0.15, 0.2) is 21.3 Å². The van der Waals surface area contributed by atoms with Crippen molar-refractivity contribution in [2.24, 2.45) is 0 Å². The first-order valence-electron chi connectivity index (χ1n) is 9.77. The molecule has 0 fully saturated rings. The van der Waals surface area contributed by atoms with Gasteiger partial charge in [-0.25, -0.2) is 4.79 Å². The second-order valence-corrected chi connectivity index (χ2v) is 7.25. The summed E-state index contributed by atoms with van der Waals surface area (Å²) in [6.07, 6.45) is 2.62. The number of carbonyl (C=O) groups excluding carboxylic acids is 3. The minimum Gasteiger partial charge on any atom is -0.548 e. The highest BCUT2D eigenvalue weighted by Crippen LogP contribution is 2.32. The summed E-state index contributed by atoms with van der Waals surface area (Å²) in [5.41, 5.74) is 2.50. The third-order valence-corrected chi connectivity index (χ3v) is 5.12. The quantitative estimate of drug-likeness (QED) is 0.594. The molecule has 0 spiro atoms. The average Bonchev–Trinajstić information content (AvgIpc) is 2.73. The monoisotopic (exact) mass is 415 g/mol. The minimum atomic E-state index is -1.42. The van der Waals surface area contributed by atoms with Gasteiger partial charge in [0.2, 0.25) is 5.91 Å². The predicted molar refractivity (Wildman–Crippen MR) is 105 cm³/mol. The first-order chi connectivity index (χ1) is 14.3. The van der Waals surface area contributed by atoms with Crippen LogP contribution in [0.5, 0.6) is 5.75 Å². The second kappa shape index (κ2) is 8.98. The zero-order chi connectivity index (χ0) is 21.8. The van der Waals surface area contributed by atoms with E-state index < -0.39 is 37.0 Å². The lowest BCUT2D eigenvalue weighted by Gasteiger charge is -2.19. The van der Waals surface area contributed by atoms with Crippen LogP contribution in [-0.2, 0) is 27.2 Å². The van der Waals surface area contributed by atoms with Gasteiger partial charge in [-0.1, -0.05) is 0 Å². The van der Waals surface area contributed by atoms with E-state index in [2.05, 4.69) is 10.6 Å². The number of fused-ring (bicyclic) bond motifs is 3. The Bertz CT molecular complexity index is 1060.